The molecule has 3 nitrogen and oxygen atoms in total. The predicted molar refractivity (Wildman–Crippen MR) is 95.3 cm³/mol. The molecule has 1 fully saturated rings. The van der Waals surface area contributed by atoms with Crippen LogP contribution in [0, 0.1) is 23.2 Å². The topological polar surface area (TPSA) is 49.3 Å². The molecule has 128 valence electrons. The van der Waals surface area contributed by atoms with Gasteiger partial charge in [0.2, 0.25) is 5.91 Å². The highest BCUT2D eigenvalue weighted by atomic mass is 16.2. The fraction of sp³-hybridized carbons (Fsp3) is 0.650. The van der Waals surface area contributed by atoms with Crippen LogP contribution in [0.25, 0.3) is 0 Å². The third kappa shape index (κ3) is 4.81. The summed E-state index contributed by atoms with van der Waals surface area (Å²) in [4.78, 5) is 12.8. The van der Waals surface area contributed by atoms with Crippen molar-refractivity contribution in [3.63, 3.8) is 0 Å². The normalized spacial score (nSPS) is 23.7. The Morgan fingerprint density at radius 2 is 1.96 bits per heavy atom. The number of carbonyl (C=O) groups is 1. The van der Waals surface area contributed by atoms with Gasteiger partial charge in [-0.2, -0.15) is 0 Å². The molecule has 0 aliphatic heterocycles. The fourth-order valence-corrected chi connectivity index (χ4v) is 3.81. The number of benzene rings is 1. The lowest BCUT2D eigenvalue weighted by molar-refractivity contribution is -0.125. The second-order valence-electron chi connectivity index (χ2n) is 8.08. The third-order valence-corrected chi connectivity index (χ3v) is 5.26. The fourth-order valence-electron chi connectivity index (χ4n) is 3.81. The molecule has 2 atom stereocenters. The van der Waals surface area contributed by atoms with Crippen molar-refractivity contribution < 1.29 is 9.90 Å². The molecular formula is C20H31NO2. The number of anilines is 1. The van der Waals surface area contributed by atoms with E-state index in [-0.39, 0.29) is 23.8 Å². The van der Waals surface area contributed by atoms with Gasteiger partial charge in [-0.3, -0.25) is 4.79 Å². The van der Waals surface area contributed by atoms with Crippen LogP contribution in [-0.2, 0) is 11.2 Å². The maximum absolute atomic E-state index is 12.8. The Hall–Kier alpha value is -1.35. The highest BCUT2D eigenvalue weighted by Crippen LogP contribution is 2.44. The second kappa shape index (κ2) is 7.48. The molecule has 2 unspecified atom stereocenters. The molecule has 1 aliphatic rings. The molecule has 3 heteroatoms. The molecule has 0 spiro atoms. The molecule has 0 saturated heterocycles. The van der Waals surface area contributed by atoms with Crippen LogP contribution in [0.5, 0.6) is 0 Å². The van der Waals surface area contributed by atoms with Gasteiger partial charge in [-0.05, 0) is 60.6 Å². The molecule has 0 radical (unpaired) electrons. The molecule has 1 amide bonds. The van der Waals surface area contributed by atoms with Crippen molar-refractivity contribution in [2.75, 3.05) is 11.9 Å². The zero-order valence-electron chi connectivity index (χ0n) is 14.9. The van der Waals surface area contributed by atoms with Gasteiger partial charge in [-0.15, -0.1) is 0 Å². The number of hydrogen-bond acceptors (Lipinski definition) is 2. The van der Waals surface area contributed by atoms with Gasteiger partial charge >= 0.3 is 0 Å². The largest absolute Gasteiger partial charge is 0.396 e. The standard InChI is InChI=1S/C20H31NO2/c1-14(2)17-9-11-20(3,4)13-18(17)19(23)21-16-7-5-15(6-8-16)10-12-22/h5-8,14,17-18,22H,9-13H2,1-4H3,(H,21,23). The number of rotatable bonds is 5. The van der Waals surface area contributed by atoms with Crippen LogP contribution in [0.2, 0.25) is 0 Å². The maximum Gasteiger partial charge on any atom is 0.227 e. The second-order valence-corrected chi connectivity index (χ2v) is 8.08. The highest BCUT2D eigenvalue weighted by molar-refractivity contribution is 5.92. The van der Waals surface area contributed by atoms with Crippen LogP contribution in [0.3, 0.4) is 0 Å². The Balaban J connectivity index is 2.07. The average Bonchev–Trinajstić information content (AvgIpc) is 2.48. The first-order valence-electron chi connectivity index (χ1n) is 8.83. The summed E-state index contributed by atoms with van der Waals surface area (Å²) >= 11 is 0. The van der Waals surface area contributed by atoms with Crippen LogP contribution in [0.15, 0.2) is 24.3 Å². The molecule has 23 heavy (non-hydrogen) atoms. The number of nitrogens with one attached hydrogen (secondary N) is 1. The predicted octanol–water partition coefficient (Wildman–Crippen LogP) is 4.26. The maximum atomic E-state index is 12.8. The van der Waals surface area contributed by atoms with E-state index in [2.05, 4.69) is 33.0 Å². The van der Waals surface area contributed by atoms with E-state index in [0.29, 0.717) is 18.3 Å². The van der Waals surface area contributed by atoms with Crippen molar-refractivity contribution in [3.05, 3.63) is 29.8 Å². The Morgan fingerprint density at radius 3 is 2.52 bits per heavy atom. The molecule has 1 saturated carbocycles. The molecule has 2 N–H and O–H groups in total. The molecule has 1 aliphatic carbocycles. The number of aliphatic hydroxyl groups excluding tert-OH is 1. The van der Waals surface area contributed by atoms with Gasteiger partial charge in [0.25, 0.3) is 0 Å². The Kier molecular flexibility index (Phi) is 5.85. The Bertz CT molecular complexity index is 519. The minimum atomic E-state index is 0.0934. The van der Waals surface area contributed by atoms with Gasteiger partial charge in [-0.25, -0.2) is 0 Å². The summed E-state index contributed by atoms with van der Waals surface area (Å²) in [5.41, 5.74) is 2.19. The van der Waals surface area contributed by atoms with E-state index >= 15 is 0 Å². The Morgan fingerprint density at radius 1 is 1.30 bits per heavy atom. The van der Waals surface area contributed by atoms with Crippen LogP contribution in [-0.4, -0.2) is 17.6 Å². The lowest BCUT2D eigenvalue weighted by Crippen LogP contribution is -2.39. The summed E-state index contributed by atoms with van der Waals surface area (Å²) < 4.78 is 0. The molecule has 0 aromatic heterocycles. The number of amides is 1. The van der Waals surface area contributed by atoms with Crippen LogP contribution in [0.1, 0.15) is 52.5 Å². The summed E-state index contributed by atoms with van der Waals surface area (Å²) in [6.07, 6.45) is 3.96. The van der Waals surface area contributed by atoms with Crippen molar-refractivity contribution >= 4 is 11.6 Å². The quantitative estimate of drug-likeness (QED) is 0.852. The summed E-state index contributed by atoms with van der Waals surface area (Å²) in [5.74, 6) is 1.26. The van der Waals surface area contributed by atoms with Gasteiger partial charge in [0, 0.05) is 18.2 Å². The van der Waals surface area contributed by atoms with Gasteiger partial charge < -0.3 is 10.4 Å². The van der Waals surface area contributed by atoms with Crippen LogP contribution >= 0.6 is 0 Å². The van der Waals surface area contributed by atoms with Gasteiger partial charge in [-0.1, -0.05) is 39.8 Å². The third-order valence-electron chi connectivity index (χ3n) is 5.26. The summed E-state index contributed by atoms with van der Waals surface area (Å²) in [6, 6.07) is 7.80. The SMILES string of the molecule is CC(C)C1CCC(C)(C)CC1C(=O)Nc1ccc(CCO)cc1. The van der Waals surface area contributed by atoms with E-state index in [1.807, 2.05) is 24.3 Å². The van der Waals surface area contributed by atoms with Crippen molar-refractivity contribution in [1.82, 2.24) is 0 Å². The molecule has 1 aromatic carbocycles. The van der Waals surface area contributed by atoms with E-state index in [4.69, 9.17) is 5.11 Å². The van der Waals surface area contributed by atoms with Crippen LogP contribution < -0.4 is 5.32 Å². The smallest absolute Gasteiger partial charge is 0.227 e. The molecule has 0 heterocycles. The lowest BCUT2D eigenvalue weighted by atomic mass is 9.64. The average molecular weight is 317 g/mol. The number of carbonyl (C=O) groups excluding carboxylic acids is 1. The number of aliphatic hydroxyl groups is 1. The summed E-state index contributed by atoms with van der Waals surface area (Å²) in [5, 5.41) is 12.1. The monoisotopic (exact) mass is 317 g/mol. The van der Waals surface area contributed by atoms with Crippen molar-refractivity contribution in [1.29, 1.82) is 0 Å². The first-order chi connectivity index (χ1) is 10.8. The van der Waals surface area contributed by atoms with Gasteiger partial charge in [0.05, 0.1) is 0 Å². The summed E-state index contributed by atoms with van der Waals surface area (Å²) in [6.45, 7) is 9.15. The van der Waals surface area contributed by atoms with E-state index in [9.17, 15) is 4.79 Å². The molecular weight excluding hydrogens is 286 g/mol. The van der Waals surface area contributed by atoms with Crippen molar-refractivity contribution in [2.24, 2.45) is 23.2 Å². The van der Waals surface area contributed by atoms with E-state index in [1.54, 1.807) is 0 Å². The minimum absolute atomic E-state index is 0.0934. The van der Waals surface area contributed by atoms with E-state index < -0.39 is 0 Å². The first-order valence-corrected chi connectivity index (χ1v) is 8.83. The summed E-state index contributed by atoms with van der Waals surface area (Å²) in [7, 11) is 0. The van der Waals surface area contributed by atoms with Crippen molar-refractivity contribution in [3.8, 4) is 0 Å². The Labute approximate surface area is 140 Å². The van der Waals surface area contributed by atoms with E-state index in [0.717, 1.165) is 24.1 Å². The molecule has 2 rings (SSSR count). The zero-order valence-corrected chi connectivity index (χ0v) is 14.9. The molecule has 1 aromatic rings. The minimum Gasteiger partial charge on any atom is -0.396 e. The lowest BCUT2D eigenvalue weighted by Gasteiger charge is -2.41. The van der Waals surface area contributed by atoms with Gasteiger partial charge in [0.15, 0.2) is 0 Å². The zero-order chi connectivity index (χ0) is 17.0. The number of hydrogen-bond donors (Lipinski definition) is 2. The van der Waals surface area contributed by atoms with E-state index in [1.165, 1.54) is 6.42 Å². The highest BCUT2D eigenvalue weighted by Gasteiger charge is 2.39. The van der Waals surface area contributed by atoms with Crippen molar-refractivity contribution in [2.45, 2.75) is 53.4 Å². The van der Waals surface area contributed by atoms with Crippen LogP contribution in [0.4, 0.5) is 5.69 Å². The molecule has 0 bridgehead atoms. The van der Waals surface area contributed by atoms with Gasteiger partial charge in [0.1, 0.15) is 0 Å². The first kappa shape index (κ1) is 18.0.